The lowest BCUT2D eigenvalue weighted by Gasteiger charge is -2.24. The summed E-state index contributed by atoms with van der Waals surface area (Å²) < 4.78 is 38.5. The van der Waals surface area contributed by atoms with E-state index in [9.17, 15) is 24.0 Å². The smallest absolute Gasteiger partial charge is 0.475 e. The van der Waals surface area contributed by atoms with Crippen LogP contribution in [0, 0.1) is 0 Å². The summed E-state index contributed by atoms with van der Waals surface area (Å²) in [6.07, 6.45) is 0. The Balaban J connectivity index is 3.15. The summed E-state index contributed by atoms with van der Waals surface area (Å²) >= 11 is 0. The highest BCUT2D eigenvalue weighted by Crippen LogP contribution is 2.62. The highest BCUT2D eigenvalue weighted by atomic mass is 31.2. The molecule has 0 bridgehead atoms. The van der Waals surface area contributed by atoms with Crippen molar-refractivity contribution in [1.29, 1.82) is 0 Å². The van der Waals surface area contributed by atoms with E-state index < -0.39 is 21.3 Å². The van der Waals surface area contributed by atoms with Gasteiger partial charge in [-0.3, -0.25) is 18.1 Å². The van der Waals surface area contributed by atoms with Gasteiger partial charge in [-0.25, -0.2) is 4.57 Å². The SMILES string of the molecule is CCOP(=O)(OCC)OC(c1cccc(O)c1)P(=O)(O)O. The van der Waals surface area contributed by atoms with Crippen molar-refractivity contribution in [3.05, 3.63) is 29.8 Å². The fourth-order valence-electron chi connectivity index (χ4n) is 1.53. The van der Waals surface area contributed by atoms with Crippen LogP contribution in [0.2, 0.25) is 0 Å². The topological polar surface area (TPSA) is 123 Å². The summed E-state index contributed by atoms with van der Waals surface area (Å²) in [5.41, 5.74) is -0.0389. The molecule has 8 nitrogen and oxygen atoms in total. The Morgan fingerprint density at radius 3 is 2.14 bits per heavy atom. The number of benzene rings is 1. The fraction of sp³-hybridized carbons (Fsp3) is 0.455. The Bertz CT molecular complexity index is 545. The molecule has 0 fully saturated rings. The largest absolute Gasteiger partial charge is 0.508 e. The molecule has 0 saturated carbocycles. The molecule has 21 heavy (non-hydrogen) atoms. The summed E-state index contributed by atoms with van der Waals surface area (Å²) in [5.74, 6) is -2.08. The first-order valence-corrected chi connectivity index (χ1v) is 9.27. The monoisotopic (exact) mass is 340 g/mol. The van der Waals surface area contributed by atoms with Crippen LogP contribution in [0.4, 0.5) is 0 Å². The molecule has 1 rings (SSSR count). The van der Waals surface area contributed by atoms with Gasteiger partial charge in [-0.15, -0.1) is 0 Å². The molecular formula is C11H18O8P2. The van der Waals surface area contributed by atoms with Gasteiger partial charge in [0, 0.05) is 0 Å². The Morgan fingerprint density at radius 1 is 1.14 bits per heavy atom. The predicted molar refractivity (Wildman–Crippen MR) is 74.8 cm³/mol. The fourth-order valence-corrected chi connectivity index (χ4v) is 4.11. The first-order chi connectivity index (χ1) is 9.72. The van der Waals surface area contributed by atoms with Crippen LogP contribution in [0.3, 0.4) is 0 Å². The second-order valence-corrected chi connectivity index (χ2v) is 7.19. The zero-order valence-electron chi connectivity index (χ0n) is 11.6. The third kappa shape index (κ3) is 5.52. The van der Waals surface area contributed by atoms with Gasteiger partial charge in [-0.1, -0.05) is 12.1 Å². The highest BCUT2D eigenvalue weighted by Gasteiger charge is 2.40. The van der Waals surface area contributed by atoms with Crippen molar-refractivity contribution in [3.8, 4) is 5.75 Å². The van der Waals surface area contributed by atoms with Crippen molar-refractivity contribution in [2.45, 2.75) is 19.7 Å². The molecule has 1 unspecified atom stereocenters. The van der Waals surface area contributed by atoms with E-state index in [0.29, 0.717) is 0 Å². The van der Waals surface area contributed by atoms with Crippen molar-refractivity contribution in [2.24, 2.45) is 0 Å². The van der Waals surface area contributed by atoms with Gasteiger partial charge in [0.05, 0.1) is 13.2 Å². The molecule has 0 aromatic heterocycles. The molecule has 1 aromatic carbocycles. The van der Waals surface area contributed by atoms with Crippen LogP contribution in [0.15, 0.2) is 24.3 Å². The van der Waals surface area contributed by atoms with Crippen molar-refractivity contribution in [3.63, 3.8) is 0 Å². The molecule has 1 aromatic rings. The minimum atomic E-state index is -4.83. The second kappa shape index (κ2) is 7.51. The van der Waals surface area contributed by atoms with E-state index in [0.717, 1.165) is 6.07 Å². The summed E-state index contributed by atoms with van der Waals surface area (Å²) in [4.78, 5) is 18.8. The predicted octanol–water partition coefficient (Wildman–Crippen LogP) is 2.77. The molecule has 0 aliphatic rings. The highest BCUT2D eigenvalue weighted by molar-refractivity contribution is 7.54. The van der Waals surface area contributed by atoms with E-state index in [4.69, 9.17) is 13.6 Å². The summed E-state index contributed by atoms with van der Waals surface area (Å²) in [5, 5.41) is 9.39. The molecule has 0 aliphatic heterocycles. The van der Waals surface area contributed by atoms with E-state index in [1.54, 1.807) is 0 Å². The number of hydrogen-bond acceptors (Lipinski definition) is 6. The molecule has 0 amide bonds. The lowest BCUT2D eigenvalue weighted by Crippen LogP contribution is -2.08. The number of phosphoric acid groups is 1. The maximum atomic E-state index is 12.3. The van der Waals surface area contributed by atoms with Crippen molar-refractivity contribution in [1.82, 2.24) is 0 Å². The van der Waals surface area contributed by atoms with Crippen LogP contribution < -0.4 is 0 Å². The van der Waals surface area contributed by atoms with Crippen LogP contribution in [0.25, 0.3) is 0 Å². The van der Waals surface area contributed by atoms with Crippen molar-refractivity contribution in [2.75, 3.05) is 13.2 Å². The average Bonchev–Trinajstić information content (AvgIpc) is 2.35. The van der Waals surface area contributed by atoms with Gasteiger partial charge in [-0.2, -0.15) is 0 Å². The molecular weight excluding hydrogens is 322 g/mol. The first-order valence-electron chi connectivity index (χ1n) is 6.13. The normalized spacial score (nSPS) is 14.1. The third-order valence-corrected chi connectivity index (χ3v) is 5.06. The number of phenols is 1. The Labute approximate surface area is 122 Å². The van der Waals surface area contributed by atoms with E-state index in [-0.39, 0.29) is 24.5 Å². The van der Waals surface area contributed by atoms with Crippen LogP contribution in [-0.4, -0.2) is 28.1 Å². The number of aromatic hydroxyl groups is 1. The van der Waals surface area contributed by atoms with Crippen molar-refractivity contribution < 1.29 is 37.6 Å². The first kappa shape index (κ1) is 18.3. The average molecular weight is 340 g/mol. The lowest BCUT2D eigenvalue weighted by atomic mass is 10.2. The van der Waals surface area contributed by atoms with Crippen LogP contribution in [-0.2, 0) is 22.7 Å². The van der Waals surface area contributed by atoms with Crippen molar-refractivity contribution >= 4 is 15.4 Å². The van der Waals surface area contributed by atoms with Gasteiger partial charge in [-0.05, 0) is 31.5 Å². The molecule has 3 N–H and O–H groups in total. The van der Waals surface area contributed by atoms with Gasteiger partial charge in [0.2, 0.25) is 0 Å². The second-order valence-electron chi connectivity index (χ2n) is 3.92. The Morgan fingerprint density at radius 2 is 1.71 bits per heavy atom. The molecule has 120 valence electrons. The Hall–Kier alpha value is -0.720. The molecule has 0 radical (unpaired) electrons. The standard InChI is InChI=1S/C11H18O8P2/c1-3-17-21(16,18-4-2)19-11(20(13,14)15)9-6-5-7-10(12)8-9/h5-8,11-12H,3-4H2,1-2H3,(H2,13,14,15). The molecule has 0 saturated heterocycles. The van der Waals surface area contributed by atoms with Crippen LogP contribution in [0.1, 0.15) is 25.3 Å². The number of hydrogen-bond donors (Lipinski definition) is 3. The van der Waals surface area contributed by atoms with Gasteiger partial charge < -0.3 is 14.9 Å². The Kier molecular flexibility index (Phi) is 6.56. The lowest BCUT2D eigenvalue weighted by molar-refractivity contribution is 0.0996. The van der Waals surface area contributed by atoms with E-state index in [1.165, 1.54) is 32.0 Å². The number of rotatable bonds is 8. The van der Waals surface area contributed by atoms with Gasteiger partial charge in [0.15, 0.2) is 5.85 Å². The van der Waals surface area contributed by atoms with Gasteiger partial charge >= 0.3 is 15.4 Å². The van der Waals surface area contributed by atoms with E-state index in [1.807, 2.05) is 0 Å². The molecule has 1 atom stereocenters. The third-order valence-electron chi connectivity index (χ3n) is 2.26. The quantitative estimate of drug-likeness (QED) is 0.617. The van der Waals surface area contributed by atoms with Gasteiger partial charge in [0.1, 0.15) is 5.75 Å². The number of phosphoric ester groups is 1. The molecule has 0 heterocycles. The number of phenolic OH excluding ortho intramolecular Hbond substituents is 1. The summed E-state index contributed by atoms with van der Waals surface area (Å²) in [6, 6.07) is 5.13. The maximum Gasteiger partial charge on any atom is 0.475 e. The van der Waals surface area contributed by atoms with Gasteiger partial charge in [0.25, 0.3) is 0 Å². The molecule has 0 spiro atoms. The zero-order chi connectivity index (χ0) is 16.1. The van der Waals surface area contributed by atoms with Crippen LogP contribution >= 0.6 is 15.4 Å². The summed E-state index contributed by atoms with van der Waals surface area (Å²) in [6.45, 7) is 3.03. The van der Waals surface area contributed by atoms with Crippen LogP contribution in [0.5, 0.6) is 5.75 Å². The summed E-state index contributed by atoms with van der Waals surface area (Å²) in [7, 11) is -8.95. The minimum absolute atomic E-state index is 0.0226. The molecule has 10 heteroatoms. The van der Waals surface area contributed by atoms with E-state index >= 15 is 0 Å². The van der Waals surface area contributed by atoms with E-state index in [2.05, 4.69) is 0 Å². The minimum Gasteiger partial charge on any atom is -0.508 e. The maximum absolute atomic E-state index is 12.3. The zero-order valence-corrected chi connectivity index (χ0v) is 13.4. The molecule has 0 aliphatic carbocycles.